The van der Waals surface area contributed by atoms with Gasteiger partial charge in [0.15, 0.2) is 9.84 Å². The van der Waals surface area contributed by atoms with Gasteiger partial charge in [-0.1, -0.05) is 149 Å². The van der Waals surface area contributed by atoms with Crippen molar-refractivity contribution in [2.24, 2.45) is 11.8 Å². The van der Waals surface area contributed by atoms with E-state index in [1.807, 2.05) is 42.5 Å². The van der Waals surface area contributed by atoms with Gasteiger partial charge in [0.1, 0.15) is 6.10 Å². The molecule has 19 heteroatoms. The number of methoxy groups -OCH3 is 1. The molecule has 4 aromatic carbocycles. The van der Waals surface area contributed by atoms with Crippen molar-refractivity contribution in [3.8, 4) is 11.8 Å². The van der Waals surface area contributed by atoms with Gasteiger partial charge in [0.05, 0.1) is 72.5 Å². The maximum atomic E-state index is 14.1. The molecule has 77 heavy (non-hydrogen) atoms. The number of benzene rings is 4. The molecule has 4 aromatic rings. The molecular weight excluding hydrogens is 1110 g/mol. The number of hydrogen-bond acceptors (Lipinski definition) is 9. The van der Waals surface area contributed by atoms with Crippen LogP contribution in [0.3, 0.4) is 0 Å². The summed E-state index contributed by atoms with van der Waals surface area (Å²) in [5.74, 6) is 5.72. The normalized spacial score (nSPS) is 21.2. The van der Waals surface area contributed by atoms with Crippen LogP contribution in [-0.4, -0.2) is 96.7 Å². The Bertz CT molecular complexity index is 2410. The average molecular weight is 1180 g/mol. The molecule has 0 aromatic heterocycles. The molecule has 1 unspecified atom stereocenters. The first-order chi connectivity index (χ1) is 36.4. The van der Waals surface area contributed by atoms with Crippen molar-refractivity contribution in [3.05, 3.63) is 167 Å². The minimum Gasteiger partial charge on any atom is 0 e. The van der Waals surface area contributed by atoms with E-state index in [1.54, 1.807) is 37.4 Å². The minimum atomic E-state index is -3.83. The Hall–Kier alpha value is -4.22. The molecular formula is C58H66Co2O15SSi. The molecule has 3 fully saturated rings. The van der Waals surface area contributed by atoms with Gasteiger partial charge in [-0.05, 0) is 64.7 Å². The third kappa shape index (κ3) is 22.4. The third-order valence-corrected chi connectivity index (χ3v) is 19.7. The molecule has 3 aliphatic rings. The van der Waals surface area contributed by atoms with Crippen LogP contribution < -0.4 is 10.4 Å². The van der Waals surface area contributed by atoms with Gasteiger partial charge in [-0.25, -0.2) is 8.42 Å². The Morgan fingerprint density at radius 3 is 1.68 bits per heavy atom. The summed E-state index contributed by atoms with van der Waals surface area (Å²) in [6.07, 6.45) is 0.396. The Balaban J connectivity index is 0. The number of hydrogen-bond donors (Lipinski definition) is 1. The summed E-state index contributed by atoms with van der Waals surface area (Å²) in [5, 5.41) is 13.9. The van der Waals surface area contributed by atoms with Gasteiger partial charge < -0.3 is 33.2 Å². The van der Waals surface area contributed by atoms with E-state index >= 15 is 0 Å². The molecule has 3 saturated heterocycles. The van der Waals surface area contributed by atoms with Crippen LogP contribution in [0.1, 0.15) is 71.8 Å². The zero-order valence-corrected chi connectivity index (χ0v) is 47.5. The molecule has 7 rings (SSSR count). The van der Waals surface area contributed by atoms with Crippen molar-refractivity contribution in [1.82, 2.24) is 0 Å². The minimum absolute atomic E-state index is 0. The van der Waals surface area contributed by atoms with Crippen LogP contribution in [0.25, 0.3) is 0 Å². The molecule has 416 valence electrons. The third-order valence-electron chi connectivity index (χ3n) is 12.9. The first-order valence-corrected chi connectivity index (χ1v) is 27.5. The van der Waals surface area contributed by atoms with Gasteiger partial charge in [-0.2, -0.15) is 0 Å². The van der Waals surface area contributed by atoms with Crippen LogP contribution in [0.2, 0.25) is 5.04 Å². The zero-order valence-electron chi connectivity index (χ0n) is 43.6. The quantitative estimate of drug-likeness (QED) is 0.0544. The van der Waals surface area contributed by atoms with E-state index in [1.165, 1.54) is 10.4 Å². The van der Waals surface area contributed by atoms with Crippen molar-refractivity contribution in [2.75, 3.05) is 26.1 Å². The van der Waals surface area contributed by atoms with Crippen LogP contribution in [0.4, 0.5) is 0 Å². The molecule has 0 saturated carbocycles. The molecule has 15 nitrogen and oxygen atoms in total. The van der Waals surface area contributed by atoms with Gasteiger partial charge in [-0.3, -0.25) is 0 Å². The topological polar surface area (TPSA) is 229 Å². The summed E-state index contributed by atoms with van der Waals surface area (Å²) in [5.41, 5.74) is 1.03. The molecule has 3 aliphatic heterocycles. The van der Waals surface area contributed by atoms with Crippen LogP contribution in [0.5, 0.6) is 0 Å². The van der Waals surface area contributed by atoms with Crippen molar-refractivity contribution < 1.29 is 103 Å². The smallest absolute Gasteiger partial charge is 0 e. The summed E-state index contributed by atoms with van der Waals surface area (Å²) in [6.45, 7) is 37.3. The van der Waals surface area contributed by atoms with Crippen LogP contribution in [-0.2, 0) is 106 Å². The molecule has 0 amide bonds. The van der Waals surface area contributed by atoms with Crippen molar-refractivity contribution in [2.45, 2.75) is 132 Å². The fourth-order valence-electron chi connectivity index (χ4n) is 9.70. The van der Waals surface area contributed by atoms with Crippen molar-refractivity contribution >= 4 is 28.5 Å². The summed E-state index contributed by atoms with van der Waals surface area (Å²) >= 11 is 0. The summed E-state index contributed by atoms with van der Waals surface area (Å²) in [6, 6.07) is 39.5. The molecule has 0 bridgehead atoms. The van der Waals surface area contributed by atoms with Crippen LogP contribution in [0, 0.1) is 63.6 Å². The molecule has 10 atom stereocenters. The number of ether oxygens (including phenoxy) is 5. The van der Waals surface area contributed by atoms with Crippen LogP contribution >= 0.6 is 0 Å². The second kappa shape index (κ2) is 40.9. The van der Waals surface area contributed by atoms with E-state index in [-0.39, 0.29) is 86.2 Å². The monoisotopic (exact) mass is 1180 g/mol. The molecule has 0 spiro atoms. The number of sulfone groups is 1. The molecule has 0 aliphatic carbocycles. The number of aliphatic hydroxyl groups is 1. The number of fused-ring (bicyclic) bond motifs is 2. The predicted molar refractivity (Wildman–Crippen MR) is 273 cm³/mol. The number of rotatable bonds is 15. The second-order valence-corrected chi connectivity index (χ2v) is 25.0. The van der Waals surface area contributed by atoms with Gasteiger partial charge in [0.25, 0.3) is 8.32 Å². The maximum absolute atomic E-state index is 14.1. The molecule has 3 heterocycles. The van der Waals surface area contributed by atoms with Crippen molar-refractivity contribution in [3.63, 3.8) is 0 Å². The fourth-order valence-corrected chi connectivity index (χ4v) is 15.8. The maximum Gasteiger partial charge on any atom is 0 e. The zero-order chi connectivity index (χ0) is 56.5. The van der Waals surface area contributed by atoms with Crippen LogP contribution in [0.15, 0.2) is 126 Å². The number of aliphatic hydroxyl groups excluding tert-OH is 1. The average Bonchev–Trinajstić information content (AvgIpc) is 3.45. The molecule has 1 N–H and O–H groups in total. The SMILES string of the molecule is COC(C#C[C@H](CS(=O)(=O)c1ccccc1)[C@H]1O[C@H]2C[C@@H](C)C[C@H]3OCCC[C@@H]3O[C@@H]2C[C@@H]1O)C[C@@H](CO[Si](c1ccccc1)(c1ccccc1)C(C)(C)C)OCc1ccccc1.[C-]#[O+].[C-]#[O+].[C-]#[O+].[C-]#[O+].[C-]#[O+].[C-]#[O+].[Co].[Co]. The predicted octanol–water partition coefficient (Wildman–Crippen LogP) is 7.30. The van der Waals surface area contributed by atoms with Gasteiger partial charge in [-0.15, -0.1) is 0 Å². The summed E-state index contributed by atoms with van der Waals surface area (Å²) < 4.78 is 113. The Morgan fingerprint density at radius 2 is 1.17 bits per heavy atom. The largest absolute Gasteiger partial charge is 0 e. The first-order valence-electron chi connectivity index (χ1n) is 23.9. The summed E-state index contributed by atoms with van der Waals surface area (Å²) in [7, 11) is -5.15. The fraction of sp³-hybridized carbons (Fsp3) is 0.448. The van der Waals surface area contributed by atoms with Gasteiger partial charge >= 0.3 is 67.8 Å². The van der Waals surface area contributed by atoms with E-state index in [9.17, 15) is 13.5 Å². The van der Waals surface area contributed by atoms with E-state index in [0.29, 0.717) is 25.9 Å². The van der Waals surface area contributed by atoms with E-state index in [4.69, 9.17) is 56.0 Å². The van der Waals surface area contributed by atoms with Gasteiger partial charge in [0.2, 0.25) is 0 Å². The van der Waals surface area contributed by atoms with E-state index in [0.717, 1.165) is 31.4 Å². The Labute approximate surface area is 477 Å². The second-order valence-electron chi connectivity index (χ2n) is 18.6. The van der Waals surface area contributed by atoms with E-state index < -0.39 is 48.5 Å². The Morgan fingerprint density at radius 1 is 0.688 bits per heavy atom. The standard InChI is InChI=1S/C52H66O9SSi.6CO.2Co/c1-38-31-48-47(27-18-30-57-48)60-50-34-46(53)51(61-49(50)32-38)40(37-62(54,55)43-21-12-7-13-22-43)28-29-41(56-5)33-42(58-35-39-19-10-6-11-20-39)36-59-63(52(2,3)4,44-23-14-8-15-24-44)45-25-16-9-17-26-45;6*1-2;;/h6-17,19-26,38,40-42,46-51,53H,18,27,30-37H2,1-5H3;;;;;;;;/t38-,40+,41?,42-,46-,47-,48+,49-,50+,51+;;;;;;;;/m0......../s1. The Kier molecular flexibility index (Phi) is 39.7. The van der Waals surface area contributed by atoms with Crippen molar-refractivity contribution in [1.29, 1.82) is 0 Å². The summed E-state index contributed by atoms with van der Waals surface area (Å²) in [4.78, 5) is 0.198. The molecule has 2 radical (unpaired) electrons. The first kappa shape index (κ1) is 74.9. The van der Waals surface area contributed by atoms with Gasteiger partial charge in [0, 0.05) is 60.1 Å². The van der Waals surface area contributed by atoms with E-state index in [2.05, 4.69) is 128 Å².